The Bertz CT molecular complexity index is 3150. The molecule has 0 N–H and O–H groups in total. The molecule has 270 valence electrons. The first kappa shape index (κ1) is 33.2. The maximum atomic E-state index is 7.20. The van der Waals surface area contributed by atoms with Crippen molar-refractivity contribution in [1.29, 1.82) is 0 Å². The third kappa shape index (κ3) is 5.18. The van der Waals surface area contributed by atoms with Gasteiger partial charge in [0, 0.05) is 33.1 Å². The number of nitrogens with zero attached hydrogens (tertiary/aromatic N) is 1. The fraction of sp³-hybridized carbons (Fsp3) is 0.0545. The summed E-state index contributed by atoms with van der Waals surface area (Å²) in [6.07, 6.45) is 0. The molecule has 1 heterocycles. The fourth-order valence-electron chi connectivity index (χ4n) is 9.34. The summed E-state index contributed by atoms with van der Waals surface area (Å²) in [7, 11) is 0. The van der Waals surface area contributed by atoms with E-state index in [9.17, 15) is 0 Å². The Kier molecular flexibility index (Phi) is 7.55. The van der Waals surface area contributed by atoms with Crippen LogP contribution in [0.15, 0.2) is 205 Å². The largest absolute Gasteiger partial charge is 0.455 e. The van der Waals surface area contributed by atoms with Crippen LogP contribution in [0.1, 0.15) is 25.0 Å². The van der Waals surface area contributed by atoms with Gasteiger partial charge in [-0.25, -0.2) is 0 Å². The van der Waals surface area contributed by atoms with Crippen LogP contribution in [0.3, 0.4) is 0 Å². The lowest BCUT2D eigenvalue weighted by atomic mass is 9.82. The molecule has 0 atom stereocenters. The molecule has 1 aliphatic rings. The second-order valence-electron chi connectivity index (χ2n) is 15.6. The van der Waals surface area contributed by atoms with Gasteiger partial charge in [0.2, 0.25) is 0 Å². The lowest BCUT2D eigenvalue weighted by Gasteiger charge is -2.31. The van der Waals surface area contributed by atoms with Crippen LogP contribution >= 0.6 is 0 Å². The minimum Gasteiger partial charge on any atom is -0.455 e. The lowest BCUT2D eigenvalue weighted by Crippen LogP contribution is -2.16. The van der Waals surface area contributed by atoms with Gasteiger partial charge in [0.1, 0.15) is 11.2 Å². The molecular formula is C55H39NO. The zero-order chi connectivity index (χ0) is 38.1. The zero-order valence-corrected chi connectivity index (χ0v) is 31.9. The van der Waals surface area contributed by atoms with Crippen molar-refractivity contribution < 1.29 is 4.42 Å². The van der Waals surface area contributed by atoms with E-state index in [0.29, 0.717) is 0 Å². The summed E-state index contributed by atoms with van der Waals surface area (Å²) in [5.41, 5.74) is 16.8. The third-order valence-corrected chi connectivity index (χ3v) is 12.1. The Morgan fingerprint density at radius 3 is 1.77 bits per heavy atom. The average molecular weight is 730 g/mol. The van der Waals surface area contributed by atoms with Crippen molar-refractivity contribution in [3.8, 4) is 44.5 Å². The Balaban J connectivity index is 1.27. The number of para-hydroxylation sites is 2. The molecule has 0 bridgehead atoms. The Labute approximate surface area is 332 Å². The van der Waals surface area contributed by atoms with E-state index in [4.69, 9.17) is 4.42 Å². The number of anilines is 3. The predicted octanol–water partition coefficient (Wildman–Crippen LogP) is 15.5. The fourth-order valence-corrected chi connectivity index (χ4v) is 9.34. The van der Waals surface area contributed by atoms with Crippen LogP contribution in [0, 0.1) is 0 Å². The van der Waals surface area contributed by atoms with Crippen molar-refractivity contribution in [1.82, 2.24) is 0 Å². The second-order valence-corrected chi connectivity index (χ2v) is 15.6. The van der Waals surface area contributed by atoms with Crippen LogP contribution in [-0.4, -0.2) is 0 Å². The summed E-state index contributed by atoms with van der Waals surface area (Å²) in [6.45, 7) is 4.72. The lowest BCUT2D eigenvalue weighted by molar-refractivity contribution is 0.660. The minimum atomic E-state index is -0.162. The van der Waals surface area contributed by atoms with Crippen molar-refractivity contribution in [2.24, 2.45) is 0 Å². The van der Waals surface area contributed by atoms with E-state index >= 15 is 0 Å². The van der Waals surface area contributed by atoms with Gasteiger partial charge in [-0.05, 0) is 74.5 Å². The highest BCUT2D eigenvalue weighted by atomic mass is 16.3. The van der Waals surface area contributed by atoms with Gasteiger partial charge in [-0.3, -0.25) is 0 Å². The molecule has 10 aromatic rings. The standard InChI is InChI=1S/C55H39NO/c1-55(2)46-27-13-11-24-44(46)51-47(55)28-16-30-49(51)56(48-29-14-12-23-41(48)40-32-31-36-17-9-10-22-39(36)35-40)50-34-33-43(38-20-7-4-8-21-38)54-52(50)45-26-15-25-42(53(45)57-54)37-18-5-3-6-19-37/h3-35H,1-2H3. The molecular weight excluding hydrogens is 691 g/mol. The molecule has 0 amide bonds. The third-order valence-electron chi connectivity index (χ3n) is 12.1. The average Bonchev–Trinajstić information content (AvgIpc) is 3.78. The number of fused-ring (bicyclic) bond motifs is 7. The number of hydrogen-bond donors (Lipinski definition) is 0. The van der Waals surface area contributed by atoms with E-state index in [1.807, 2.05) is 0 Å². The van der Waals surface area contributed by atoms with E-state index in [1.54, 1.807) is 0 Å². The summed E-state index contributed by atoms with van der Waals surface area (Å²) in [5, 5.41) is 4.62. The summed E-state index contributed by atoms with van der Waals surface area (Å²) >= 11 is 0. The first-order valence-electron chi connectivity index (χ1n) is 19.8. The minimum absolute atomic E-state index is 0.162. The van der Waals surface area contributed by atoms with Crippen LogP contribution in [-0.2, 0) is 5.41 Å². The van der Waals surface area contributed by atoms with Gasteiger partial charge in [-0.1, -0.05) is 184 Å². The Hall–Kier alpha value is -7.16. The van der Waals surface area contributed by atoms with Crippen molar-refractivity contribution in [3.63, 3.8) is 0 Å². The number of furan rings is 1. The molecule has 2 heteroatoms. The van der Waals surface area contributed by atoms with Gasteiger partial charge in [-0.15, -0.1) is 0 Å². The molecule has 1 aromatic heterocycles. The predicted molar refractivity (Wildman–Crippen MR) is 240 cm³/mol. The summed E-state index contributed by atoms with van der Waals surface area (Å²) in [5.74, 6) is 0. The van der Waals surface area contributed by atoms with Gasteiger partial charge >= 0.3 is 0 Å². The van der Waals surface area contributed by atoms with Crippen LogP contribution in [0.5, 0.6) is 0 Å². The normalized spacial score (nSPS) is 12.9. The highest BCUT2D eigenvalue weighted by molar-refractivity contribution is 6.20. The Morgan fingerprint density at radius 1 is 0.386 bits per heavy atom. The van der Waals surface area contributed by atoms with Gasteiger partial charge < -0.3 is 9.32 Å². The van der Waals surface area contributed by atoms with Crippen LogP contribution in [0.25, 0.3) is 77.2 Å². The first-order valence-corrected chi connectivity index (χ1v) is 19.8. The second kappa shape index (κ2) is 13.0. The molecule has 0 aliphatic heterocycles. The highest BCUT2D eigenvalue weighted by Gasteiger charge is 2.38. The van der Waals surface area contributed by atoms with E-state index in [2.05, 4.69) is 219 Å². The SMILES string of the molecule is CC1(C)c2ccccc2-c2c(N(c3ccccc3-c3ccc4ccccc4c3)c3ccc(-c4ccccc4)c4oc5c(-c6ccccc6)cccc5c34)cccc21. The van der Waals surface area contributed by atoms with Gasteiger partial charge in [-0.2, -0.15) is 0 Å². The molecule has 9 aromatic carbocycles. The molecule has 0 fully saturated rings. The smallest absolute Gasteiger partial charge is 0.145 e. The molecule has 0 saturated carbocycles. The number of benzene rings is 9. The molecule has 11 rings (SSSR count). The monoisotopic (exact) mass is 729 g/mol. The Morgan fingerprint density at radius 2 is 0.982 bits per heavy atom. The van der Waals surface area contributed by atoms with Crippen LogP contribution < -0.4 is 4.90 Å². The topological polar surface area (TPSA) is 16.4 Å². The van der Waals surface area contributed by atoms with Crippen molar-refractivity contribution in [2.75, 3.05) is 4.90 Å². The molecule has 0 unspecified atom stereocenters. The van der Waals surface area contributed by atoms with Crippen LogP contribution in [0.2, 0.25) is 0 Å². The first-order chi connectivity index (χ1) is 28.1. The van der Waals surface area contributed by atoms with Crippen LogP contribution in [0.4, 0.5) is 17.1 Å². The van der Waals surface area contributed by atoms with E-state index in [1.165, 1.54) is 38.6 Å². The highest BCUT2D eigenvalue weighted by Crippen LogP contribution is 2.56. The summed E-state index contributed by atoms with van der Waals surface area (Å²) < 4.78 is 7.20. The van der Waals surface area contributed by atoms with Crippen molar-refractivity contribution in [2.45, 2.75) is 19.3 Å². The quantitative estimate of drug-likeness (QED) is 0.169. The van der Waals surface area contributed by atoms with Gasteiger partial charge in [0.05, 0.1) is 22.4 Å². The van der Waals surface area contributed by atoms with Gasteiger partial charge in [0.15, 0.2) is 0 Å². The maximum Gasteiger partial charge on any atom is 0.145 e. The number of hydrogen-bond acceptors (Lipinski definition) is 2. The molecule has 57 heavy (non-hydrogen) atoms. The molecule has 0 saturated heterocycles. The summed E-state index contributed by atoms with van der Waals surface area (Å²) in [6, 6.07) is 72.5. The van der Waals surface area contributed by atoms with Gasteiger partial charge in [0.25, 0.3) is 0 Å². The van der Waals surface area contributed by atoms with E-state index < -0.39 is 0 Å². The van der Waals surface area contributed by atoms with E-state index in [-0.39, 0.29) is 5.41 Å². The molecule has 0 radical (unpaired) electrons. The van der Waals surface area contributed by atoms with E-state index in [0.717, 1.165) is 66.8 Å². The molecule has 1 aliphatic carbocycles. The summed E-state index contributed by atoms with van der Waals surface area (Å²) in [4.78, 5) is 2.52. The molecule has 0 spiro atoms. The maximum absolute atomic E-state index is 7.20. The van der Waals surface area contributed by atoms with Crippen molar-refractivity contribution in [3.05, 3.63) is 211 Å². The molecule has 2 nitrogen and oxygen atoms in total. The zero-order valence-electron chi connectivity index (χ0n) is 31.9. The number of rotatable bonds is 6. The van der Waals surface area contributed by atoms with Crippen molar-refractivity contribution >= 4 is 49.8 Å².